The molecule has 3 rings (SSSR count). The van der Waals surface area contributed by atoms with Gasteiger partial charge in [0.2, 0.25) is 0 Å². The molecule has 2 aromatic rings. The van der Waals surface area contributed by atoms with Crippen LogP contribution in [0.4, 0.5) is 4.79 Å². The van der Waals surface area contributed by atoms with E-state index in [4.69, 9.17) is 9.84 Å². The quantitative estimate of drug-likeness (QED) is 0.615. The molecule has 0 N–H and O–H groups in total. The molecule has 1 atom stereocenters. The second kappa shape index (κ2) is 6.20. The maximum atomic E-state index is 12.3. The van der Waals surface area contributed by atoms with Gasteiger partial charge < -0.3 is 9.64 Å². The fourth-order valence-electron chi connectivity index (χ4n) is 3.32. The number of ether oxygens (including phenoxy) is 1. The third kappa shape index (κ3) is 3.38. The Balaban J connectivity index is 1.87. The molecule has 24 heavy (non-hydrogen) atoms. The number of hydrogen-bond donors (Lipinski definition) is 0. The number of aryl methyl sites for hydroxylation is 2. The molecular weight excluding hydrogens is 417 g/mol. The molecular formula is C18H24IN3O2. The van der Waals surface area contributed by atoms with E-state index in [2.05, 4.69) is 53.3 Å². The van der Waals surface area contributed by atoms with E-state index in [9.17, 15) is 4.79 Å². The molecule has 0 saturated carbocycles. The van der Waals surface area contributed by atoms with Crippen molar-refractivity contribution >= 4 is 39.6 Å². The summed E-state index contributed by atoms with van der Waals surface area (Å²) in [6, 6.07) is 4.58. The van der Waals surface area contributed by atoms with E-state index in [0.29, 0.717) is 13.1 Å². The van der Waals surface area contributed by atoms with Crippen molar-refractivity contribution in [2.45, 2.75) is 52.7 Å². The van der Waals surface area contributed by atoms with Crippen molar-refractivity contribution in [1.29, 1.82) is 0 Å². The number of fused-ring (bicyclic) bond motifs is 1. The number of carbonyl (C=O) groups is 1. The second-order valence-corrected chi connectivity index (χ2v) is 8.60. The summed E-state index contributed by atoms with van der Waals surface area (Å²) in [5.74, 6) is 0. The molecule has 0 radical (unpaired) electrons. The smallest absolute Gasteiger partial charge is 0.410 e. The van der Waals surface area contributed by atoms with Crippen LogP contribution in [-0.2, 0) is 4.74 Å². The number of aromatic nitrogens is 2. The summed E-state index contributed by atoms with van der Waals surface area (Å²) < 4.78 is 8.62. The van der Waals surface area contributed by atoms with Gasteiger partial charge in [-0.3, -0.25) is 4.68 Å². The molecule has 2 heterocycles. The van der Waals surface area contributed by atoms with Crippen LogP contribution in [0.2, 0.25) is 0 Å². The number of likely N-dealkylation sites (tertiary alicyclic amines) is 1. The van der Waals surface area contributed by atoms with Crippen LogP contribution in [0.15, 0.2) is 12.1 Å². The largest absolute Gasteiger partial charge is 0.444 e. The van der Waals surface area contributed by atoms with E-state index in [1.807, 2.05) is 20.8 Å². The van der Waals surface area contributed by atoms with Crippen LogP contribution >= 0.6 is 22.6 Å². The van der Waals surface area contributed by atoms with Gasteiger partial charge in [0.1, 0.15) is 9.30 Å². The summed E-state index contributed by atoms with van der Waals surface area (Å²) >= 11 is 2.30. The third-order valence-corrected chi connectivity index (χ3v) is 5.05. The summed E-state index contributed by atoms with van der Waals surface area (Å²) in [4.78, 5) is 14.1. The van der Waals surface area contributed by atoms with Crippen LogP contribution < -0.4 is 0 Å². The topological polar surface area (TPSA) is 47.4 Å². The first-order valence-corrected chi connectivity index (χ1v) is 9.36. The zero-order chi connectivity index (χ0) is 17.6. The Bertz CT molecular complexity index is 792. The van der Waals surface area contributed by atoms with Crippen LogP contribution in [0.5, 0.6) is 0 Å². The highest BCUT2D eigenvalue weighted by atomic mass is 127. The van der Waals surface area contributed by atoms with Crippen molar-refractivity contribution in [3.05, 3.63) is 27.0 Å². The van der Waals surface area contributed by atoms with Gasteiger partial charge in [0.25, 0.3) is 0 Å². The number of nitrogens with zero attached hydrogens (tertiary/aromatic N) is 3. The van der Waals surface area contributed by atoms with E-state index in [0.717, 1.165) is 10.1 Å². The van der Waals surface area contributed by atoms with E-state index in [1.54, 1.807) is 4.90 Å². The Morgan fingerprint density at radius 2 is 2.04 bits per heavy atom. The molecule has 1 aliphatic rings. The van der Waals surface area contributed by atoms with Crippen LogP contribution in [-0.4, -0.2) is 39.5 Å². The number of hydrogen-bond acceptors (Lipinski definition) is 3. The van der Waals surface area contributed by atoms with Crippen molar-refractivity contribution < 1.29 is 9.53 Å². The Morgan fingerprint density at radius 3 is 2.71 bits per heavy atom. The zero-order valence-electron chi connectivity index (χ0n) is 14.9. The molecule has 5 nitrogen and oxygen atoms in total. The number of benzene rings is 1. The van der Waals surface area contributed by atoms with Crippen LogP contribution in [0.1, 0.15) is 44.4 Å². The van der Waals surface area contributed by atoms with E-state index in [1.165, 1.54) is 22.0 Å². The minimum absolute atomic E-state index is 0.199. The van der Waals surface area contributed by atoms with E-state index >= 15 is 0 Å². The van der Waals surface area contributed by atoms with Crippen molar-refractivity contribution in [1.82, 2.24) is 14.7 Å². The first-order chi connectivity index (χ1) is 11.2. The summed E-state index contributed by atoms with van der Waals surface area (Å²) in [6.45, 7) is 11.3. The van der Waals surface area contributed by atoms with Crippen LogP contribution in [0.3, 0.4) is 0 Å². The molecule has 1 aliphatic heterocycles. The highest BCUT2D eigenvalue weighted by Crippen LogP contribution is 2.31. The molecule has 1 saturated heterocycles. The van der Waals surface area contributed by atoms with Gasteiger partial charge in [-0.1, -0.05) is 11.6 Å². The Kier molecular flexibility index (Phi) is 4.53. The molecule has 1 aromatic carbocycles. The first-order valence-electron chi connectivity index (χ1n) is 8.28. The molecule has 130 valence electrons. The fraction of sp³-hybridized carbons (Fsp3) is 0.556. The van der Waals surface area contributed by atoms with Crippen molar-refractivity contribution in [3.8, 4) is 0 Å². The number of rotatable bonds is 1. The highest BCUT2D eigenvalue weighted by molar-refractivity contribution is 14.1. The Hall–Kier alpha value is -1.31. The van der Waals surface area contributed by atoms with Gasteiger partial charge in [0.05, 0.1) is 11.6 Å². The summed E-state index contributed by atoms with van der Waals surface area (Å²) in [6.07, 6.45) is 0.670. The fourth-order valence-corrected chi connectivity index (χ4v) is 3.96. The molecule has 1 aromatic heterocycles. The summed E-state index contributed by atoms with van der Waals surface area (Å²) in [5, 5.41) is 5.96. The third-order valence-electron chi connectivity index (χ3n) is 4.25. The van der Waals surface area contributed by atoms with Gasteiger partial charge >= 0.3 is 6.09 Å². The Labute approximate surface area is 156 Å². The molecule has 6 heteroatoms. The lowest BCUT2D eigenvalue weighted by atomic mass is 10.1. The van der Waals surface area contributed by atoms with Crippen LogP contribution in [0.25, 0.3) is 10.9 Å². The zero-order valence-corrected chi connectivity index (χ0v) is 17.0. The molecule has 0 spiro atoms. The lowest BCUT2D eigenvalue weighted by Gasteiger charge is -2.24. The van der Waals surface area contributed by atoms with Gasteiger partial charge in [-0.25, -0.2) is 4.79 Å². The predicted molar refractivity (Wildman–Crippen MR) is 103 cm³/mol. The number of halogens is 1. The monoisotopic (exact) mass is 441 g/mol. The van der Waals surface area contributed by atoms with Crippen molar-refractivity contribution in [2.75, 3.05) is 13.1 Å². The predicted octanol–water partition coefficient (Wildman–Crippen LogP) is 4.44. The van der Waals surface area contributed by atoms with Gasteiger partial charge in [-0.05, 0) is 75.3 Å². The van der Waals surface area contributed by atoms with Crippen LogP contribution in [0, 0.1) is 17.5 Å². The minimum Gasteiger partial charge on any atom is -0.444 e. The average molecular weight is 441 g/mol. The minimum atomic E-state index is -0.461. The van der Waals surface area contributed by atoms with Gasteiger partial charge in [0, 0.05) is 18.5 Å². The summed E-state index contributed by atoms with van der Waals surface area (Å²) in [5.41, 5.74) is 3.20. The molecule has 1 fully saturated rings. The normalized spacial score (nSPS) is 18.4. The maximum Gasteiger partial charge on any atom is 0.410 e. The maximum absolute atomic E-state index is 12.3. The van der Waals surface area contributed by atoms with Crippen molar-refractivity contribution in [3.63, 3.8) is 0 Å². The molecule has 0 bridgehead atoms. The first kappa shape index (κ1) is 17.5. The number of amides is 1. The lowest BCUT2D eigenvalue weighted by Crippen LogP contribution is -2.35. The van der Waals surface area contributed by atoms with Gasteiger partial charge in [-0.2, -0.15) is 5.10 Å². The van der Waals surface area contributed by atoms with E-state index < -0.39 is 5.60 Å². The molecule has 1 unspecified atom stereocenters. The lowest BCUT2D eigenvalue weighted by molar-refractivity contribution is 0.0288. The summed E-state index contributed by atoms with van der Waals surface area (Å²) in [7, 11) is 0. The van der Waals surface area contributed by atoms with Gasteiger partial charge in [0.15, 0.2) is 0 Å². The number of carbonyl (C=O) groups excluding carboxylic acids is 1. The SMILES string of the molecule is Cc1cc(C)c2c(c1)c(I)nn2C1CCN(C(=O)OC(C)(C)C)C1. The standard InChI is InChI=1S/C18H24IN3O2/c1-11-8-12(2)15-14(9-11)16(19)20-22(15)13-6-7-21(10-13)17(23)24-18(3,4)5/h8-9,13H,6-7,10H2,1-5H3. The van der Waals surface area contributed by atoms with Gasteiger partial charge in [-0.15, -0.1) is 0 Å². The molecule has 0 aliphatic carbocycles. The van der Waals surface area contributed by atoms with E-state index in [-0.39, 0.29) is 12.1 Å². The highest BCUT2D eigenvalue weighted by Gasteiger charge is 2.32. The Morgan fingerprint density at radius 1 is 1.33 bits per heavy atom. The average Bonchev–Trinajstić information content (AvgIpc) is 3.02. The second-order valence-electron chi connectivity index (χ2n) is 7.58. The molecule has 1 amide bonds. The van der Waals surface area contributed by atoms with Crippen molar-refractivity contribution in [2.24, 2.45) is 0 Å².